The zero-order chi connectivity index (χ0) is 15.8. The number of nitrogens with zero attached hydrogens (tertiary/aromatic N) is 1. The molecule has 0 heterocycles. The van der Waals surface area contributed by atoms with Crippen LogP contribution in [-0.4, -0.2) is 43.7 Å². The number of hydrogen-bond donors (Lipinski definition) is 1. The smallest absolute Gasteiger partial charge is 0.253 e. The van der Waals surface area contributed by atoms with Crippen LogP contribution in [0.3, 0.4) is 0 Å². The fraction of sp³-hybridized carbons (Fsp3) is 0.471. The highest BCUT2D eigenvalue weighted by Gasteiger charge is 2.12. The second kappa shape index (κ2) is 8.46. The third-order valence-electron chi connectivity index (χ3n) is 3.02. The predicted molar refractivity (Wildman–Crippen MR) is 85.2 cm³/mol. The van der Waals surface area contributed by atoms with Gasteiger partial charge in [0.05, 0.1) is 19.3 Å². The number of hydrogen-bond acceptors (Lipinski definition) is 3. The summed E-state index contributed by atoms with van der Waals surface area (Å²) in [6.45, 7) is 7.35. The molecule has 21 heavy (non-hydrogen) atoms. The number of carbonyl (C=O) groups excluding carboxylic acids is 1. The Balaban J connectivity index is 2.72. The van der Waals surface area contributed by atoms with Gasteiger partial charge in [-0.15, -0.1) is 0 Å². The second-order valence-electron chi connectivity index (χ2n) is 5.18. The molecule has 0 saturated carbocycles. The van der Waals surface area contributed by atoms with E-state index in [0.29, 0.717) is 25.3 Å². The van der Waals surface area contributed by atoms with E-state index in [1.807, 2.05) is 32.9 Å². The third kappa shape index (κ3) is 5.58. The van der Waals surface area contributed by atoms with Gasteiger partial charge in [-0.1, -0.05) is 11.8 Å². The first-order chi connectivity index (χ1) is 9.95. The summed E-state index contributed by atoms with van der Waals surface area (Å²) in [5.74, 6) is 5.81. The zero-order valence-corrected chi connectivity index (χ0v) is 13.3. The van der Waals surface area contributed by atoms with Gasteiger partial charge in [0.15, 0.2) is 0 Å². The highest BCUT2D eigenvalue weighted by molar-refractivity contribution is 5.94. The van der Waals surface area contributed by atoms with E-state index in [9.17, 15) is 4.79 Å². The Bertz CT molecular complexity index is 541. The van der Waals surface area contributed by atoms with Crippen LogP contribution in [0.4, 0.5) is 0 Å². The van der Waals surface area contributed by atoms with Crippen LogP contribution in [0.5, 0.6) is 0 Å². The number of ether oxygens (including phenoxy) is 1. The predicted octanol–water partition coefficient (Wildman–Crippen LogP) is 1.80. The van der Waals surface area contributed by atoms with Gasteiger partial charge in [0.2, 0.25) is 0 Å². The Morgan fingerprint density at radius 1 is 1.43 bits per heavy atom. The first-order valence-electron chi connectivity index (χ1n) is 7.12. The van der Waals surface area contributed by atoms with Crippen molar-refractivity contribution >= 4 is 5.91 Å². The van der Waals surface area contributed by atoms with Crippen molar-refractivity contribution in [3.05, 3.63) is 34.9 Å². The SMILES string of the molecule is Cc1cc(C(=O)N(C)CCOC(C)C)ccc1C#CCN. The molecule has 0 unspecified atom stereocenters. The van der Waals surface area contributed by atoms with Crippen molar-refractivity contribution in [2.24, 2.45) is 5.73 Å². The van der Waals surface area contributed by atoms with Crippen LogP contribution < -0.4 is 5.73 Å². The molecular formula is C17H24N2O2. The highest BCUT2D eigenvalue weighted by atomic mass is 16.5. The van der Waals surface area contributed by atoms with Crippen molar-refractivity contribution in [1.82, 2.24) is 4.90 Å². The molecule has 0 aliphatic carbocycles. The quantitative estimate of drug-likeness (QED) is 0.841. The van der Waals surface area contributed by atoms with Crippen LogP contribution in [0.2, 0.25) is 0 Å². The number of likely N-dealkylation sites (N-methyl/N-ethyl adjacent to an activating group) is 1. The van der Waals surface area contributed by atoms with Crippen LogP contribution in [0.1, 0.15) is 35.3 Å². The monoisotopic (exact) mass is 288 g/mol. The molecule has 0 aliphatic heterocycles. The molecule has 0 saturated heterocycles. The lowest BCUT2D eigenvalue weighted by Crippen LogP contribution is -2.30. The van der Waals surface area contributed by atoms with E-state index >= 15 is 0 Å². The van der Waals surface area contributed by atoms with Crippen molar-refractivity contribution in [3.63, 3.8) is 0 Å². The van der Waals surface area contributed by atoms with Gasteiger partial charge in [-0.25, -0.2) is 0 Å². The van der Waals surface area contributed by atoms with Gasteiger partial charge in [0.25, 0.3) is 5.91 Å². The molecule has 1 rings (SSSR count). The zero-order valence-electron chi connectivity index (χ0n) is 13.3. The lowest BCUT2D eigenvalue weighted by molar-refractivity contribution is 0.0532. The summed E-state index contributed by atoms with van der Waals surface area (Å²) >= 11 is 0. The summed E-state index contributed by atoms with van der Waals surface area (Å²) in [6.07, 6.45) is 0.177. The maximum absolute atomic E-state index is 12.3. The van der Waals surface area contributed by atoms with E-state index < -0.39 is 0 Å². The standard InChI is InChI=1S/C17H24N2O2/c1-13(2)21-11-10-19(4)17(20)16-8-7-15(6-5-9-18)14(3)12-16/h7-8,12-13H,9-11,18H2,1-4H3. The molecule has 0 aromatic heterocycles. The molecular weight excluding hydrogens is 264 g/mol. The average molecular weight is 288 g/mol. The van der Waals surface area contributed by atoms with Gasteiger partial charge < -0.3 is 15.4 Å². The molecule has 4 nitrogen and oxygen atoms in total. The van der Waals surface area contributed by atoms with Gasteiger partial charge in [0, 0.05) is 24.7 Å². The minimum absolute atomic E-state index is 0.0104. The van der Waals surface area contributed by atoms with E-state index in [1.54, 1.807) is 18.0 Å². The summed E-state index contributed by atoms with van der Waals surface area (Å²) in [4.78, 5) is 14.0. The van der Waals surface area contributed by atoms with Crippen LogP contribution in [0.15, 0.2) is 18.2 Å². The van der Waals surface area contributed by atoms with Gasteiger partial charge >= 0.3 is 0 Å². The number of amides is 1. The normalized spacial score (nSPS) is 10.2. The lowest BCUT2D eigenvalue weighted by Gasteiger charge is -2.18. The second-order valence-corrected chi connectivity index (χ2v) is 5.18. The average Bonchev–Trinajstić information content (AvgIpc) is 2.44. The first kappa shape index (κ1) is 17.2. The van der Waals surface area contributed by atoms with E-state index in [2.05, 4.69) is 11.8 Å². The molecule has 0 fully saturated rings. The van der Waals surface area contributed by atoms with E-state index in [-0.39, 0.29) is 12.0 Å². The number of aryl methyl sites for hydroxylation is 1. The van der Waals surface area contributed by atoms with Crippen LogP contribution in [0.25, 0.3) is 0 Å². The molecule has 1 aromatic carbocycles. The van der Waals surface area contributed by atoms with Crippen molar-refractivity contribution in [1.29, 1.82) is 0 Å². The molecule has 1 aromatic rings. The Morgan fingerprint density at radius 2 is 2.14 bits per heavy atom. The van der Waals surface area contributed by atoms with Crippen LogP contribution >= 0.6 is 0 Å². The topological polar surface area (TPSA) is 55.6 Å². The summed E-state index contributed by atoms with van der Waals surface area (Å²) in [6, 6.07) is 5.53. The van der Waals surface area contributed by atoms with Gasteiger partial charge in [-0.2, -0.15) is 0 Å². The fourth-order valence-corrected chi connectivity index (χ4v) is 1.83. The van der Waals surface area contributed by atoms with E-state index in [4.69, 9.17) is 10.5 Å². The molecule has 114 valence electrons. The number of nitrogens with two attached hydrogens (primary N) is 1. The first-order valence-corrected chi connectivity index (χ1v) is 7.12. The summed E-state index contributed by atoms with van der Waals surface area (Å²) in [5.41, 5.74) is 7.92. The molecule has 0 spiro atoms. The number of rotatable bonds is 5. The molecule has 2 N–H and O–H groups in total. The Morgan fingerprint density at radius 3 is 2.71 bits per heavy atom. The van der Waals surface area contributed by atoms with E-state index in [1.165, 1.54) is 0 Å². The number of benzene rings is 1. The molecule has 0 atom stereocenters. The third-order valence-corrected chi connectivity index (χ3v) is 3.02. The Kier molecular flexibility index (Phi) is 6.93. The van der Waals surface area contributed by atoms with Crippen molar-refractivity contribution in [2.75, 3.05) is 26.7 Å². The van der Waals surface area contributed by atoms with Crippen LogP contribution in [0, 0.1) is 18.8 Å². The largest absolute Gasteiger partial charge is 0.377 e. The molecule has 0 aliphatic rings. The Hall–Kier alpha value is -1.83. The van der Waals surface area contributed by atoms with Crippen molar-refractivity contribution in [3.8, 4) is 11.8 Å². The maximum atomic E-state index is 12.3. The van der Waals surface area contributed by atoms with Crippen molar-refractivity contribution in [2.45, 2.75) is 26.9 Å². The summed E-state index contributed by atoms with van der Waals surface area (Å²) < 4.78 is 5.46. The minimum Gasteiger partial charge on any atom is -0.377 e. The lowest BCUT2D eigenvalue weighted by atomic mass is 10.0. The minimum atomic E-state index is -0.0104. The fourth-order valence-electron chi connectivity index (χ4n) is 1.83. The summed E-state index contributed by atoms with van der Waals surface area (Å²) in [7, 11) is 1.78. The van der Waals surface area contributed by atoms with Gasteiger partial charge in [-0.05, 0) is 44.5 Å². The Labute approximate surface area is 127 Å². The maximum Gasteiger partial charge on any atom is 0.253 e. The van der Waals surface area contributed by atoms with Crippen LogP contribution in [-0.2, 0) is 4.74 Å². The van der Waals surface area contributed by atoms with Gasteiger partial charge in [0.1, 0.15) is 0 Å². The molecule has 4 heteroatoms. The molecule has 1 amide bonds. The molecule has 0 bridgehead atoms. The molecule has 0 radical (unpaired) electrons. The van der Waals surface area contributed by atoms with Crippen molar-refractivity contribution < 1.29 is 9.53 Å². The highest BCUT2D eigenvalue weighted by Crippen LogP contribution is 2.12. The van der Waals surface area contributed by atoms with E-state index in [0.717, 1.165) is 11.1 Å². The summed E-state index contributed by atoms with van der Waals surface area (Å²) in [5, 5.41) is 0. The number of carbonyl (C=O) groups is 1. The van der Waals surface area contributed by atoms with Gasteiger partial charge in [-0.3, -0.25) is 4.79 Å².